The van der Waals surface area contributed by atoms with Crippen LogP contribution in [0.4, 0.5) is 13.2 Å². The number of nitrogens with zero attached hydrogens (tertiary/aromatic N) is 2. The third-order valence-electron chi connectivity index (χ3n) is 2.41. The van der Waals surface area contributed by atoms with E-state index in [2.05, 4.69) is 5.10 Å². The molecule has 0 amide bonds. The Labute approximate surface area is 78.4 Å². The third-order valence-corrected chi connectivity index (χ3v) is 2.41. The monoisotopic (exact) mass is 206 g/mol. The van der Waals surface area contributed by atoms with Crippen LogP contribution in [0.1, 0.15) is 12.8 Å². The van der Waals surface area contributed by atoms with E-state index in [4.69, 9.17) is 4.84 Å². The van der Waals surface area contributed by atoms with E-state index in [1.807, 2.05) is 0 Å². The molecule has 1 aromatic rings. The maximum atomic E-state index is 12.4. The number of alkyl halides is 3. The number of hydrogen-bond acceptors (Lipinski definition) is 2. The molecule has 1 aliphatic carbocycles. The number of rotatable bonds is 3. The van der Waals surface area contributed by atoms with Crippen LogP contribution in [-0.4, -0.2) is 22.7 Å². The van der Waals surface area contributed by atoms with Crippen LogP contribution in [-0.2, 0) is 0 Å². The highest BCUT2D eigenvalue weighted by molar-refractivity contribution is 4.99. The molecule has 0 saturated heterocycles. The lowest BCUT2D eigenvalue weighted by Gasteiger charge is -2.18. The predicted molar refractivity (Wildman–Crippen MR) is 41.4 cm³/mol. The fourth-order valence-corrected chi connectivity index (χ4v) is 1.18. The van der Waals surface area contributed by atoms with Gasteiger partial charge < -0.3 is 4.84 Å². The molecular weight excluding hydrogens is 197 g/mol. The quantitative estimate of drug-likeness (QED) is 0.751. The molecule has 6 heteroatoms. The van der Waals surface area contributed by atoms with Gasteiger partial charge >= 0.3 is 6.18 Å². The standard InChI is InChI=1S/C8H9F3N2O/c9-8(10,11)7(2-3-7)6-14-13-5-1-4-12-13/h1,4-5H,2-3,6H2. The van der Waals surface area contributed by atoms with Crippen LogP contribution in [0.25, 0.3) is 0 Å². The zero-order valence-corrected chi connectivity index (χ0v) is 7.29. The molecule has 0 spiro atoms. The van der Waals surface area contributed by atoms with Gasteiger partial charge in [0.05, 0.1) is 12.4 Å². The van der Waals surface area contributed by atoms with Gasteiger partial charge in [0.1, 0.15) is 12.0 Å². The minimum atomic E-state index is -4.17. The summed E-state index contributed by atoms with van der Waals surface area (Å²) in [5, 5.41) is 3.66. The fourth-order valence-electron chi connectivity index (χ4n) is 1.18. The molecule has 78 valence electrons. The molecule has 0 bridgehead atoms. The minimum absolute atomic E-state index is 0.151. The van der Waals surface area contributed by atoms with Crippen molar-refractivity contribution in [2.24, 2.45) is 5.41 Å². The molecule has 0 aromatic carbocycles. The predicted octanol–water partition coefficient (Wildman–Crippen LogP) is 1.65. The second kappa shape index (κ2) is 2.90. The Kier molecular flexibility index (Phi) is 1.94. The Hall–Kier alpha value is -1.20. The average molecular weight is 206 g/mol. The third kappa shape index (κ3) is 1.56. The van der Waals surface area contributed by atoms with Crippen molar-refractivity contribution < 1.29 is 18.0 Å². The van der Waals surface area contributed by atoms with Crippen molar-refractivity contribution in [1.82, 2.24) is 9.94 Å². The molecule has 0 N–H and O–H groups in total. The zero-order valence-electron chi connectivity index (χ0n) is 7.29. The van der Waals surface area contributed by atoms with Crippen LogP contribution in [0.2, 0.25) is 0 Å². The van der Waals surface area contributed by atoms with Gasteiger partial charge in [0.15, 0.2) is 0 Å². The first-order valence-electron chi connectivity index (χ1n) is 4.23. The Balaban J connectivity index is 1.93. The summed E-state index contributed by atoms with van der Waals surface area (Å²) in [7, 11) is 0. The molecule has 0 aliphatic heterocycles. The minimum Gasteiger partial charge on any atom is -0.396 e. The highest BCUT2D eigenvalue weighted by atomic mass is 19.4. The van der Waals surface area contributed by atoms with Crippen LogP contribution in [0.3, 0.4) is 0 Å². The summed E-state index contributed by atoms with van der Waals surface area (Å²) in [6.07, 6.45) is -0.949. The Morgan fingerprint density at radius 3 is 2.57 bits per heavy atom. The van der Waals surface area contributed by atoms with Crippen molar-refractivity contribution in [3.8, 4) is 0 Å². The second-order valence-corrected chi connectivity index (χ2v) is 3.46. The Morgan fingerprint density at radius 1 is 1.43 bits per heavy atom. The van der Waals surface area contributed by atoms with Crippen LogP contribution < -0.4 is 4.84 Å². The highest BCUT2D eigenvalue weighted by Gasteiger charge is 2.64. The normalized spacial score (nSPS) is 19.4. The van der Waals surface area contributed by atoms with Crippen LogP contribution >= 0.6 is 0 Å². The molecule has 0 radical (unpaired) electrons. The summed E-state index contributed by atoms with van der Waals surface area (Å²) >= 11 is 0. The maximum absolute atomic E-state index is 12.4. The summed E-state index contributed by atoms with van der Waals surface area (Å²) in [5.41, 5.74) is -1.63. The molecule has 1 fully saturated rings. The lowest BCUT2D eigenvalue weighted by molar-refractivity contribution is -0.202. The summed E-state index contributed by atoms with van der Waals surface area (Å²) in [6.45, 7) is -0.349. The van der Waals surface area contributed by atoms with Gasteiger partial charge in [-0.05, 0) is 18.9 Å². The molecule has 1 aromatic heterocycles. The summed E-state index contributed by atoms with van der Waals surface area (Å²) in [5.74, 6) is 0. The first-order chi connectivity index (χ1) is 6.54. The summed E-state index contributed by atoms with van der Waals surface area (Å²) in [6, 6.07) is 1.59. The van der Waals surface area contributed by atoms with E-state index in [0.29, 0.717) is 0 Å². The molecule has 3 nitrogen and oxygen atoms in total. The van der Waals surface area contributed by atoms with Crippen molar-refractivity contribution in [1.29, 1.82) is 0 Å². The van der Waals surface area contributed by atoms with Gasteiger partial charge in [-0.15, -0.1) is 9.94 Å². The number of hydrogen-bond donors (Lipinski definition) is 0. The van der Waals surface area contributed by atoms with Crippen LogP contribution in [0.15, 0.2) is 18.5 Å². The van der Waals surface area contributed by atoms with E-state index in [0.717, 1.165) is 4.85 Å². The Morgan fingerprint density at radius 2 is 2.14 bits per heavy atom. The molecule has 1 heterocycles. The fraction of sp³-hybridized carbons (Fsp3) is 0.625. The molecule has 0 atom stereocenters. The van der Waals surface area contributed by atoms with Gasteiger partial charge in [-0.1, -0.05) is 0 Å². The SMILES string of the molecule is FC(F)(F)C1(COn2cccn2)CC1. The van der Waals surface area contributed by atoms with E-state index in [1.54, 1.807) is 6.07 Å². The van der Waals surface area contributed by atoms with Crippen molar-refractivity contribution in [3.63, 3.8) is 0 Å². The maximum Gasteiger partial charge on any atom is 0.397 e. The van der Waals surface area contributed by atoms with Gasteiger partial charge in [0, 0.05) is 0 Å². The van der Waals surface area contributed by atoms with Gasteiger partial charge in [-0.25, -0.2) is 0 Å². The van der Waals surface area contributed by atoms with Gasteiger partial charge in [-0.2, -0.15) is 13.2 Å². The molecular formula is C8H9F3N2O. The van der Waals surface area contributed by atoms with Gasteiger partial charge in [0.2, 0.25) is 0 Å². The van der Waals surface area contributed by atoms with E-state index in [-0.39, 0.29) is 19.4 Å². The average Bonchev–Trinajstić information content (AvgIpc) is 2.72. The zero-order chi connectivity index (χ0) is 10.2. The van der Waals surface area contributed by atoms with Crippen molar-refractivity contribution >= 4 is 0 Å². The van der Waals surface area contributed by atoms with E-state index in [1.165, 1.54) is 12.4 Å². The molecule has 14 heavy (non-hydrogen) atoms. The highest BCUT2D eigenvalue weighted by Crippen LogP contribution is 2.57. The van der Waals surface area contributed by atoms with Crippen molar-refractivity contribution in [2.45, 2.75) is 19.0 Å². The van der Waals surface area contributed by atoms with Crippen molar-refractivity contribution in [2.75, 3.05) is 6.61 Å². The van der Waals surface area contributed by atoms with E-state index in [9.17, 15) is 13.2 Å². The first-order valence-corrected chi connectivity index (χ1v) is 4.23. The number of aromatic nitrogens is 2. The van der Waals surface area contributed by atoms with Gasteiger partial charge in [0.25, 0.3) is 0 Å². The Bertz CT molecular complexity index is 303. The molecule has 1 saturated carbocycles. The number of halogens is 3. The first kappa shape index (κ1) is 9.36. The topological polar surface area (TPSA) is 27.1 Å². The molecule has 0 unspecified atom stereocenters. The molecule has 2 rings (SSSR count). The van der Waals surface area contributed by atoms with Crippen LogP contribution in [0.5, 0.6) is 0 Å². The summed E-state index contributed by atoms with van der Waals surface area (Å²) in [4.78, 5) is 5.93. The second-order valence-electron chi connectivity index (χ2n) is 3.46. The smallest absolute Gasteiger partial charge is 0.396 e. The van der Waals surface area contributed by atoms with E-state index >= 15 is 0 Å². The lowest BCUT2D eigenvalue weighted by atomic mass is 10.1. The van der Waals surface area contributed by atoms with E-state index < -0.39 is 11.6 Å². The van der Waals surface area contributed by atoms with Crippen LogP contribution in [0, 0.1) is 5.41 Å². The molecule has 1 aliphatic rings. The largest absolute Gasteiger partial charge is 0.397 e. The lowest BCUT2D eigenvalue weighted by Crippen LogP contribution is -2.33. The summed E-state index contributed by atoms with van der Waals surface area (Å²) < 4.78 is 37.2. The van der Waals surface area contributed by atoms with Crippen molar-refractivity contribution in [3.05, 3.63) is 18.5 Å². The van der Waals surface area contributed by atoms with Gasteiger partial charge in [-0.3, -0.25) is 0 Å².